The molecule has 2 nitrogen and oxygen atoms in total. The van der Waals surface area contributed by atoms with E-state index in [0.717, 1.165) is 19.4 Å². The summed E-state index contributed by atoms with van der Waals surface area (Å²) in [6.07, 6.45) is 5.67. The number of benzene rings is 1. The Morgan fingerprint density at radius 2 is 2.06 bits per heavy atom. The lowest BCUT2D eigenvalue weighted by molar-refractivity contribution is 0.282. The highest BCUT2D eigenvalue weighted by atomic mass is 16.2. The Hall–Kier alpha value is -0.860. The van der Waals surface area contributed by atoms with Gasteiger partial charge in [-0.05, 0) is 49.8 Å². The van der Waals surface area contributed by atoms with Gasteiger partial charge in [-0.15, -0.1) is 0 Å². The van der Waals surface area contributed by atoms with Gasteiger partial charge in [0.15, 0.2) is 0 Å². The van der Waals surface area contributed by atoms with Crippen molar-refractivity contribution in [3.05, 3.63) is 35.4 Å². The van der Waals surface area contributed by atoms with Gasteiger partial charge in [0.05, 0.1) is 0 Å². The average molecular weight is 219 g/mol. The average Bonchev–Trinajstić information content (AvgIpc) is 2.73. The second-order valence-electron chi connectivity index (χ2n) is 4.53. The lowest BCUT2D eigenvalue weighted by atomic mass is 10.1. The van der Waals surface area contributed by atoms with Gasteiger partial charge in [0.1, 0.15) is 0 Å². The summed E-state index contributed by atoms with van der Waals surface area (Å²) in [6, 6.07) is 9.30. The summed E-state index contributed by atoms with van der Waals surface area (Å²) < 4.78 is 0. The fourth-order valence-corrected chi connectivity index (χ4v) is 2.46. The summed E-state index contributed by atoms with van der Waals surface area (Å²) in [5.74, 6) is 0. The topological polar surface area (TPSA) is 32.3 Å². The summed E-state index contributed by atoms with van der Waals surface area (Å²) in [5, 5.41) is 12.3. The first-order valence-corrected chi connectivity index (χ1v) is 6.34. The van der Waals surface area contributed by atoms with Crippen molar-refractivity contribution in [1.29, 1.82) is 0 Å². The number of nitrogens with one attached hydrogen (secondary N) is 1. The fourth-order valence-electron chi connectivity index (χ4n) is 2.46. The smallest absolute Gasteiger partial charge is 0.0431 e. The van der Waals surface area contributed by atoms with Gasteiger partial charge >= 0.3 is 0 Å². The highest BCUT2D eigenvalue weighted by Crippen LogP contribution is 2.30. The van der Waals surface area contributed by atoms with Crippen LogP contribution in [0, 0.1) is 0 Å². The molecule has 2 heteroatoms. The first-order valence-electron chi connectivity index (χ1n) is 6.34. The van der Waals surface area contributed by atoms with Crippen molar-refractivity contribution in [2.24, 2.45) is 0 Å². The van der Waals surface area contributed by atoms with Crippen LogP contribution in [0.3, 0.4) is 0 Å². The lowest BCUT2D eigenvalue weighted by Gasteiger charge is -2.13. The number of aryl methyl sites for hydroxylation is 1. The molecule has 1 unspecified atom stereocenters. The third kappa shape index (κ3) is 2.83. The quantitative estimate of drug-likeness (QED) is 0.720. The van der Waals surface area contributed by atoms with Crippen LogP contribution in [0.15, 0.2) is 24.3 Å². The van der Waals surface area contributed by atoms with Crippen LogP contribution < -0.4 is 5.32 Å². The molecule has 0 bridgehead atoms. The zero-order valence-electron chi connectivity index (χ0n) is 9.78. The molecule has 16 heavy (non-hydrogen) atoms. The minimum Gasteiger partial charge on any atom is -0.396 e. The molecule has 0 aromatic heterocycles. The third-order valence-corrected chi connectivity index (χ3v) is 3.36. The Balaban J connectivity index is 1.76. The van der Waals surface area contributed by atoms with E-state index in [1.54, 1.807) is 0 Å². The molecule has 1 aliphatic rings. The van der Waals surface area contributed by atoms with Crippen molar-refractivity contribution in [3.8, 4) is 0 Å². The summed E-state index contributed by atoms with van der Waals surface area (Å²) in [6.45, 7) is 1.39. The molecular formula is C14H21NO. The molecule has 1 atom stereocenters. The van der Waals surface area contributed by atoms with Crippen LogP contribution in [0.25, 0.3) is 0 Å². The predicted molar refractivity (Wildman–Crippen MR) is 66.4 cm³/mol. The Labute approximate surface area is 97.7 Å². The molecule has 0 spiro atoms. The van der Waals surface area contributed by atoms with Crippen LogP contribution >= 0.6 is 0 Å². The minimum atomic E-state index is 0.326. The monoisotopic (exact) mass is 219 g/mol. The van der Waals surface area contributed by atoms with E-state index in [9.17, 15) is 0 Å². The number of aliphatic hydroxyl groups is 1. The molecule has 0 saturated heterocycles. The summed E-state index contributed by atoms with van der Waals surface area (Å²) in [7, 11) is 0. The Morgan fingerprint density at radius 3 is 2.94 bits per heavy atom. The maximum absolute atomic E-state index is 8.69. The van der Waals surface area contributed by atoms with Gasteiger partial charge < -0.3 is 10.4 Å². The number of hydrogen-bond acceptors (Lipinski definition) is 2. The van der Waals surface area contributed by atoms with Crippen LogP contribution in [0.5, 0.6) is 0 Å². The van der Waals surface area contributed by atoms with Crippen molar-refractivity contribution in [2.45, 2.75) is 38.1 Å². The first kappa shape index (κ1) is 11.6. The predicted octanol–water partition coefficient (Wildman–Crippen LogP) is 2.43. The Morgan fingerprint density at radius 1 is 1.19 bits per heavy atom. The number of fused-ring (bicyclic) bond motifs is 1. The van der Waals surface area contributed by atoms with Crippen molar-refractivity contribution in [1.82, 2.24) is 5.32 Å². The summed E-state index contributed by atoms with van der Waals surface area (Å²) in [4.78, 5) is 0. The van der Waals surface area contributed by atoms with Gasteiger partial charge in [-0.25, -0.2) is 0 Å². The minimum absolute atomic E-state index is 0.326. The van der Waals surface area contributed by atoms with Crippen molar-refractivity contribution < 1.29 is 5.11 Å². The second-order valence-corrected chi connectivity index (χ2v) is 4.53. The third-order valence-electron chi connectivity index (χ3n) is 3.36. The molecule has 0 aliphatic heterocycles. The van der Waals surface area contributed by atoms with Crippen molar-refractivity contribution in [2.75, 3.05) is 13.2 Å². The zero-order chi connectivity index (χ0) is 11.2. The van der Waals surface area contributed by atoms with E-state index < -0.39 is 0 Å². The Bertz CT molecular complexity index is 324. The SMILES string of the molecule is OCCCCCNC1CCc2ccccc21. The van der Waals surface area contributed by atoms with Gasteiger partial charge in [-0.2, -0.15) is 0 Å². The van der Waals surface area contributed by atoms with Crippen LogP contribution in [-0.2, 0) is 6.42 Å². The zero-order valence-corrected chi connectivity index (χ0v) is 9.78. The maximum atomic E-state index is 8.69. The molecule has 0 amide bonds. The van der Waals surface area contributed by atoms with Gasteiger partial charge in [-0.1, -0.05) is 24.3 Å². The maximum Gasteiger partial charge on any atom is 0.0431 e. The molecule has 88 valence electrons. The highest BCUT2D eigenvalue weighted by molar-refractivity contribution is 5.34. The van der Waals surface area contributed by atoms with Crippen LogP contribution in [0.4, 0.5) is 0 Å². The molecule has 0 radical (unpaired) electrons. The van der Waals surface area contributed by atoms with E-state index in [-0.39, 0.29) is 0 Å². The number of hydrogen-bond donors (Lipinski definition) is 2. The molecule has 2 rings (SSSR count). The number of aliphatic hydroxyl groups excluding tert-OH is 1. The van der Waals surface area contributed by atoms with E-state index in [1.165, 1.54) is 30.4 Å². The summed E-state index contributed by atoms with van der Waals surface area (Å²) in [5.41, 5.74) is 3.00. The normalized spacial score (nSPS) is 18.7. The molecular weight excluding hydrogens is 198 g/mol. The van der Waals surface area contributed by atoms with Gasteiger partial charge in [0, 0.05) is 12.6 Å². The fraction of sp³-hybridized carbons (Fsp3) is 0.571. The number of rotatable bonds is 6. The van der Waals surface area contributed by atoms with Gasteiger partial charge in [0.2, 0.25) is 0 Å². The van der Waals surface area contributed by atoms with Crippen LogP contribution in [0.2, 0.25) is 0 Å². The molecule has 0 heterocycles. The van der Waals surface area contributed by atoms with Crippen LogP contribution in [0.1, 0.15) is 42.9 Å². The van der Waals surface area contributed by atoms with E-state index in [2.05, 4.69) is 29.6 Å². The molecule has 1 aliphatic carbocycles. The standard InChI is InChI=1S/C14H21NO/c16-11-5-1-4-10-15-14-9-8-12-6-2-3-7-13(12)14/h2-3,6-7,14-16H,1,4-5,8-11H2. The lowest BCUT2D eigenvalue weighted by Crippen LogP contribution is -2.20. The number of unbranched alkanes of at least 4 members (excludes halogenated alkanes) is 2. The van der Waals surface area contributed by atoms with E-state index in [0.29, 0.717) is 12.6 Å². The van der Waals surface area contributed by atoms with Crippen molar-refractivity contribution >= 4 is 0 Å². The summed E-state index contributed by atoms with van der Waals surface area (Å²) >= 11 is 0. The second kappa shape index (κ2) is 6.02. The molecule has 2 N–H and O–H groups in total. The molecule has 1 aromatic carbocycles. The van der Waals surface area contributed by atoms with E-state index >= 15 is 0 Å². The van der Waals surface area contributed by atoms with E-state index in [4.69, 9.17) is 5.11 Å². The Kier molecular flexibility index (Phi) is 4.37. The van der Waals surface area contributed by atoms with Crippen molar-refractivity contribution in [3.63, 3.8) is 0 Å². The highest BCUT2D eigenvalue weighted by Gasteiger charge is 2.20. The van der Waals surface area contributed by atoms with E-state index in [1.807, 2.05) is 0 Å². The van der Waals surface area contributed by atoms with Gasteiger partial charge in [-0.3, -0.25) is 0 Å². The van der Waals surface area contributed by atoms with Gasteiger partial charge in [0.25, 0.3) is 0 Å². The molecule has 0 fully saturated rings. The molecule has 0 saturated carbocycles. The largest absolute Gasteiger partial charge is 0.396 e. The molecule has 1 aromatic rings. The van der Waals surface area contributed by atoms with Crippen LogP contribution in [-0.4, -0.2) is 18.3 Å². The first-order chi connectivity index (χ1) is 7.92.